The molecule has 6 nitrogen and oxygen atoms in total. The van der Waals surface area contributed by atoms with Gasteiger partial charge in [-0.05, 0) is 24.8 Å². The average Bonchev–Trinajstić information content (AvgIpc) is 2.55. The maximum absolute atomic E-state index is 11.7. The van der Waals surface area contributed by atoms with Gasteiger partial charge in [-0.2, -0.15) is 5.26 Å². The molecule has 22 heavy (non-hydrogen) atoms. The van der Waals surface area contributed by atoms with Crippen LogP contribution in [0, 0.1) is 17.2 Å². The number of hydrogen-bond donors (Lipinski definition) is 2. The number of ether oxygens (including phenoxy) is 1. The molecule has 116 valence electrons. The Bertz CT molecular complexity index is 554. The van der Waals surface area contributed by atoms with Crippen molar-refractivity contribution in [3.63, 3.8) is 0 Å². The molecule has 6 heteroatoms. The molecule has 1 heterocycles. The number of benzene rings is 1. The van der Waals surface area contributed by atoms with Crippen LogP contribution in [0.4, 0.5) is 4.79 Å². The van der Waals surface area contributed by atoms with Crippen LogP contribution in [-0.2, 0) is 16.1 Å². The maximum atomic E-state index is 11.7. The summed E-state index contributed by atoms with van der Waals surface area (Å²) in [6.45, 7) is 0.827. The van der Waals surface area contributed by atoms with E-state index in [0.717, 1.165) is 18.4 Å². The number of nitriles is 1. The SMILES string of the molecule is N#CC(C[C@@H]1CCCNC1=O)NC(=O)OCc1ccccc1. The summed E-state index contributed by atoms with van der Waals surface area (Å²) in [5.41, 5.74) is 0.873. The predicted octanol–water partition coefficient (Wildman–Crippen LogP) is 1.72. The first-order valence-corrected chi connectivity index (χ1v) is 7.33. The molecule has 0 saturated carbocycles. The predicted molar refractivity (Wildman–Crippen MR) is 79.5 cm³/mol. The molecule has 0 aromatic heterocycles. The van der Waals surface area contributed by atoms with Gasteiger partial charge in [0.05, 0.1) is 6.07 Å². The van der Waals surface area contributed by atoms with E-state index in [-0.39, 0.29) is 18.4 Å². The van der Waals surface area contributed by atoms with Crippen molar-refractivity contribution in [1.29, 1.82) is 5.26 Å². The van der Waals surface area contributed by atoms with E-state index in [9.17, 15) is 9.59 Å². The minimum absolute atomic E-state index is 0.0500. The van der Waals surface area contributed by atoms with Crippen LogP contribution in [0.15, 0.2) is 30.3 Å². The average molecular weight is 301 g/mol. The van der Waals surface area contributed by atoms with Gasteiger partial charge in [0.2, 0.25) is 5.91 Å². The second kappa shape index (κ2) is 8.03. The third kappa shape index (κ3) is 4.77. The number of carbonyl (C=O) groups excluding carboxylic acids is 2. The number of piperidine rings is 1. The van der Waals surface area contributed by atoms with E-state index in [1.165, 1.54) is 0 Å². The molecule has 0 aliphatic carbocycles. The van der Waals surface area contributed by atoms with Gasteiger partial charge in [-0.15, -0.1) is 0 Å². The molecule has 1 aliphatic rings. The fourth-order valence-electron chi connectivity index (χ4n) is 2.40. The largest absolute Gasteiger partial charge is 0.445 e. The van der Waals surface area contributed by atoms with Gasteiger partial charge < -0.3 is 15.4 Å². The molecule has 2 atom stereocenters. The lowest BCUT2D eigenvalue weighted by atomic mass is 9.92. The molecule has 1 aromatic carbocycles. The minimum Gasteiger partial charge on any atom is -0.445 e. The highest BCUT2D eigenvalue weighted by atomic mass is 16.5. The lowest BCUT2D eigenvalue weighted by Gasteiger charge is -2.23. The van der Waals surface area contributed by atoms with Crippen molar-refractivity contribution < 1.29 is 14.3 Å². The highest BCUT2D eigenvalue weighted by Crippen LogP contribution is 2.17. The Balaban J connectivity index is 1.78. The van der Waals surface area contributed by atoms with E-state index in [0.29, 0.717) is 13.0 Å². The maximum Gasteiger partial charge on any atom is 0.408 e. The molecule has 2 rings (SSSR count). The zero-order chi connectivity index (χ0) is 15.8. The van der Waals surface area contributed by atoms with E-state index < -0.39 is 12.1 Å². The third-order valence-corrected chi connectivity index (χ3v) is 3.58. The van der Waals surface area contributed by atoms with Crippen LogP contribution in [0.2, 0.25) is 0 Å². The monoisotopic (exact) mass is 301 g/mol. The number of alkyl carbamates (subject to hydrolysis) is 1. The summed E-state index contributed by atoms with van der Waals surface area (Å²) >= 11 is 0. The van der Waals surface area contributed by atoms with Crippen molar-refractivity contribution in [1.82, 2.24) is 10.6 Å². The second-order valence-corrected chi connectivity index (χ2v) is 5.25. The van der Waals surface area contributed by atoms with Crippen LogP contribution in [-0.4, -0.2) is 24.6 Å². The Morgan fingerprint density at radius 1 is 1.45 bits per heavy atom. The van der Waals surface area contributed by atoms with Crippen LogP contribution >= 0.6 is 0 Å². The molecule has 1 saturated heterocycles. The van der Waals surface area contributed by atoms with E-state index in [1.807, 2.05) is 36.4 Å². The molecule has 2 amide bonds. The normalized spacial score (nSPS) is 18.7. The van der Waals surface area contributed by atoms with Crippen LogP contribution in [0.25, 0.3) is 0 Å². The van der Waals surface area contributed by atoms with Crippen molar-refractivity contribution >= 4 is 12.0 Å². The molecule has 1 aliphatic heterocycles. The molecule has 1 aromatic rings. The van der Waals surface area contributed by atoms with Gasteiger partial charge in [-0.25, -0.2) is 4.79 Å². The van der Waals surface area contributed by atoms with E-state index in [2.05, 4.69) is 10.6 Å². The summed E-state index contributed by atoms with van der Waals surface area (Å²) in [4.78, 5) is 23.4. The Labute approximate surface area is 129 Å². The topological polar surface area (TPSA) is 91.2 Å². The van der Waals surface area contributed by atoms with Crippen LogP contribution < -0.4 is 10.6 Å². The van der Waals surface area contributed by atoms with E-state index in [1.54, 1.807) is 0 Å². The first-order chi connectivity index (χ1) is 10.7. The molecule has 2 N–H and O–H groups in total. The summed E-state index contributed by atoms with van der Waals surface area (Å²) < 4.78 is 5.07. The second-order valence-electron chi connectivity index (χ2n) is 5.25. The van der Waals surface area contributed by atoms with Crippen LogP contribution in [0.1, 0.15) is 24.8 Å². The van der Waals surface area contributed by atoms with Crippen molar-refractivity contribution in [2.45, 2.75) is 31.9 Å². The third-order valence-electron chi connectivity index (χ3n) is 3.58. The van der Waals surface area contributed by atoms with Gasteiger partial charge in [0.1, 0.15) is 12.6 Å². The molecule has 0 spiro atoms. The van der Waals surface area contributed by atoms with E-state index >= 15 is 0 Å². The van der Waals surface area contributed by atoms with Gasteiger partial charge in [-0.3, -0.25) is 4.79 Å². The Morgan fingerprint density at radius 2 is 2.23 bits per heavy atom. The quantitative estimate of drug-likeness (QED) is 0.866. The summed E-state index contributed by atoms with van der Waals surface area (Å²) in [7, 11) is 0. The summed E-state index contributed by atoms with van der Waals surface area (Å²) in [5.74, 6) is -0.279. The fourth-order valence-corrected chi connectivity index (χ4v) is 2.40. The minimum atomic E-state index is -0.725. The van der Waals surface area contributed by atoms with Crippen molar-refractivity contribution in [2.75, 3.05) is 6.54 Å². The zero-order valence-corrected chi connectivity index (χ0v) is 12.2. The zero-order valence-electron chi connectivity index (χ0n) is 12.2. The Morgan fingerprint density at radius 3 is 2.91 bits per heavy atom. The van der Waals surface area contributed by atoms with Gasteiger partial charge in [-0.1, -0.05) is 30.3 Å². The van der Waals surface area contributed by atoms with E-state index in [4.69, 9.17) is 10.00 Å². The molecular formula is C16H19N3O3. The lowest BCUT2D eigenvalue weighted by molar-refractivity contribution is -0.126. The first-order valence-electron chi connectivity index (χ1n) is 7.33. The highest BCUT2D eigenvalue weighted by Gasteiger charge is 2.26. The van der Waals surface area contributed by atoms with Gasteiger partial charge >= 0.3 is 6.09 Å². The van der Waals surface area contributed by atoms with Gasteiger partial charge in [0.25, 0.3) is 0 Å². The molecule has 1 unspecified atom stereocenters. The molecular weight excluding hydrogens is 282 g/mol. The number of nitrogens with zero attached hydrogens (tertiary/aromatic N) is 1. The number of carbonyl (C=O) groups is 2. The number of hydrogen-bond acceptors (Lipinski definition) is 4. The fraction of sp³-hybridized carbons (Fsp3) is 0.438. The number of nitrogens with one attached hydrogen (secondary N) is 2. The summed E-state index contributed by atoms with van der Waals surface area (Å²) in [6, 6.07) is 10.6. The summed E-state index contributed by atoms with van der Waals surface area (Å²) in [6.07, 6.45) is 1.30. The van der Waals surface area contributed by atoms with Crippen LogP contribution in [0.5, 0.6) is 0 Å². The molecule has 1 fully saturated rings. The molecule has 0 radical (unpaired) electrons. The smallest absolute Gasteiger partial charge is 0.408 e. The van der Waals surface area contributed by atoms with Gasteiger partial charge in [0, 0.05) is 12.5 Å². The van der Waals surface area contributed by atoms with Crippen molar-refractivity contribution in [3.05, 3.63) is 35.9 Å². The Kier molecular flexibility index (Phi) is 5.78. The number of amides is 2. The molecule has 0 bridgehead atoms. The summed E-state index contributed by atoms with van der Waals surface area (Å²) in [5, 5.41) is 14.4. The first kappa shape index (κ1) is 15.8. The highest BCUT2D eigenvalue weighted by molar-refractivity contribution is 5.79. The van der Waals surface area contributed by atoms with Crippen molar-refractivity contribution in [3.8, 4) is 6.07 Å². The lowest BCUT2D eigenvalue weighted by Crippen LogP contribution is -2.42. The van der Waals surface area contributed by atoms with Crippen molar-refractivity contribution in [2.24, 2.45) is 5.92 Å². The number of rotatable bonds is 5. The standard InChI is InChI=1S/C16H19N3O3/c17-10-14(9-13-7-4-8-18-15(13)20)19-16(21)22-11-12-5-2-1-3-6-12/h1-3,5-6,13-14H,4,7-9,11H2,(H,18,20)(H,19,21)/t13-,14?/m0/s1. The van der Waals surface area contributed by atoms with Crippen LogP contribution in [0.3, 0.4) is 0 Å². The van der Waals surface area contributed by atoms with Gasteiger partial charge in [0.15, 0.2) is 0 Å². The Hall–Kier alpha value is -2.55.